The Morgan fingerprint density at radius 2 is 1.94 bits per heavy atom. The number of anilines is 2. The molecule has 1 aliphatic rings. The molecule has 0 unspecified atom stereocenters. The van der Waals surface area contributed by atoms with Crippen molar-refractivity contribution in [2.24, 2.45) is 0 Å². The summed E-state index contributed by atoms with van der Waals surface area (Å²) in [6.45, 7) is 3.37. The van der Waals surface area contributed by atoms with Gasteiger partial charge in [-0.25, -0.2) is 19.3 Å². The predicted octanol–water partition coefficient (Wildman–Crippen LogP) is 3.74. The molecule has 168 valence electrons. The van der Waals surface area contributed by atoms with Crippen molar-refractivity contribution < 1.29 is 9.13 Å². The van der Waals surface area contributed by atoms with Crippen LogP contribution in [0.1, 0.15) is 12.8 Å². The molecule has 3 aromatic heterocycles. The standard InChI is InChI=1S/C24H23FN6O2/c25-19-12-18(3-4-21(19)33-10-9-31-7-1-2-8-31)29-23-22-16(5-6-28-24(22)32)11-20(30-23)17-13-26-15-27-14-17/h3-6,11-15H,1-2,7-10H2,(H,28,32)(H,29,30). The molecule has 4 heterocycles. The van der Waals surface area contributed by atoms with Crippen LogP contribution in [0.2, 0.25) is 0 Å². The Bertz CT molecular complexity index is 1320. The second-order valence-corrected chi connectivity index (χ2v) is 7.92. The second-order valence-electron chi connectivity index (χ2n) is 7.92. The first-order valence-electron chi connectivity index (χ1n) is 10.9. The fourth-order valence-corrected chi connectivity index (χ4v) is 4.01. The molecule has 8 nitrogen and oxygen atoms in total. The quantitative estimate of drug-likeness (QED) is 0.446. The minimum Gasteiger partial charge on any atom is -0.489 e. The first-order chi connectivity index (χ1) is 16.2. The molecule has 4 aromatic rings. The molecule has 1 aliphatic heterocycles. The molecule has 33 heavy (non-hydrogen) atoms. The van der Waals surface area contributed by atoms with Crippen LogP contribution >= 0.6 is 0 Å². The summed E-state index contributed by atoms with van der Waals surface area (Å²) in [5.74, 6) is 0.0353. The van der Waals surface area contributed by atoms with Gasteiger partial charge in [-0.15, -0.1) is 0 Å². The van der Waals surface area contributed by atoms with Gasteiger partial charge in [0.05, 0.1) is 11.1 Å². The van der Waals surface area contributed by atoms with Crippen molar-refractivity contribution in [2.75, 3.05) is 31.6 Å². The van der Waals surface area contributed by atoms with E-state index in [0.717, 1.165) is 19.6 Å². The third-order valence-corrected chi connectivity index (χ3v) is 5.67. The van der Waals surface area contributed by atoms with E-state index in [4.69, 9.17) is 4.74 Å². The number of aromatic amines is 1. The number of likely N-dealkylation sites (tertiary alicyclic amines) is 1. The Morgan fingerprint density at radius 3 is 2.73 bits per heavy atom. The van der Waals surface area contributed by atoms with E-state index in [2.05, 4.69) is 30.2 Å². The van der Waals surface area contributed by atoms with Crippen LogP contribution in [0, 0.1) is 5.82 Å². The van der Waals surface area contributed by atoms with Gasteiger partial charge in [0, 0.05) is 42.5 Å². The third kappa shape index (κ3) is 4.68. The highest BCUT2D eigenvalue weighted by Gasteiger charge is 2.14. The number of H-pyrrole nitrogens is 1. The average Bonchev–Trinajstić information content (AvgIpc) is 3.34. The van der Waals surface area contributed by atoms with Gasteiger partial charge in [-0.05, 0) is 55.6 Å². The molecular formula is C24H23FN6O2. The minimum atomic E-state index is -0.479. The van der Waals surface area contributed by atoms with Crippen molar-refractivity contribution in [1.82, 2.24) is 24.8 Å². The van der Waals surface area contributed by atoms with Crippen LogP contribution in [0.15, 0.2) is 60.0 Å². The number of ether oxygens (including phenoxy) is 1. The Balaban J connectivity index is 1.41. The minimum absolute atomic E-state index is 0.200. The molecular weight excluding hydrogens is 423 g/mol. The molecule has 0 aliphatic carbocycles. The van der Waals surface area contributed by atoms with Crippen LogP contribution in [0.25, 0.3) is 22.0 Å². The van der Waals surface area contributed by atoms with E-state index in [0.29, 0.717) is 40.1 Å². The van der Waals surface area contributed by atoms with Gasteiger partial charge in [-0.1, -0.05) is 0 Å². The van der Waals surface area contributed by atoms with Crippen molar-refractivity contribution in [1.29, 1.82) is 0 Å². The highest BCUT2D eigenvalue weighted by Crippen LogP contribution is 2.29. The maximum atomic E-state index is 14.7. The maximum absolute atomic E-state index is 14.7. The summed E-state index contributed by atoms with van der Waals surface area (Å²) in [6.07, 6.45) is 8.72. The highest BCUT2D eigenvalue weighted by molar-refractivity contribution is 5.95. The normalized spacial score (nSPS) is 14.0. The Hall–Kier alpha value is -3.85. The van der Waals surface area contributed by atoms with Gasteiger partial charge in [-0.2, -0.15) is 0 Å². The zero-order valence-corrected chi connectivity index (χ0v) is 17.9. The largest absolute Gasteiger partial charge is 0.489 e. The number of hydrogen-bond acceptors (Lipinski definition) is 7. The average molecular weight is 446 g/mol. The van der Waals surface area contributed by atoms with Gasteiger partial charge in [-0.3, -0.25) is 9.69 Å². The molecule has 1 fully saturated rings. The van der Waals surface area contributed by atoms with E-state index >= 15 is 0 Å². The molecule has 1 aromatic carbocycles. The van der Waals surface area contributed by atoms with Crippen LogP contribution < -0.4 is 15.6 Å². The monoisotopic (exact) mass is 446 g/mol. The molecule has 0 atom stereocenters. The lowest BCUT2D eigenvalue weighted by molar-refractivity contribution is 0.231. The number of hydrogen-bond donors (Lipinski definition) is 2. The Kier molecular flexibility index (Phi) is 5.95. The summed E-state index contributed by atoms with van der Waals surface area (Å²) in [4.78, 5) is 30.2. The van der Waals surface area contributed by atoms with Crippen LogP contribution in [0.3, 0.4) is 0 Å². The molecule has 9 heteroatoms. The lowest BCUT2D eigenvalue weighted by Crippen LogP contribution is -2.25. The number of rotatable bonds is 7. The zero-order chi connectivity index (χ0) is 22.6. The molecule has 0 radical (unpaired) electrons. The van der Waals surface area contributed by atoms with Gasteiger partial charge in [0.25, 0.3) is 5.56 Å². The maximum Gasteiger partial charge on any atom is 0.259 e. The van der Waals surface area contributed by atoms with Crippen molar-refractivity contribution >= 4 is 22.3 Å². The SMILES string of the molecule is O=c1[nH]ccc2cc(-c3cncnc3)nc(Nc3ccc(OCCN4CCCC4)c(F)c3)c12. The number of benzene rings is 1. The van der Waals surface area contributed by atoms with E-state index in [9.17, 15) is 9.18 Å². The Morgan fingerprint density at radius 1 is 1.12 bits per heavy atom. The zero-order valence-electron chi connectivity index (χ0n) is 17.9. The third-order valence-electron chi connectivity index (χ3n) is 5.67. The van der Waals surface area contributed by atoms with Crippen molar-refractivity contribution in [3.8, 4) is 17.0 Å². The number of nitrogens with one attached hydrogen (secondary N) is 2. The van der Waals surface area contributed by atoms with E-state index in [1.807, 2.05) is 0 Å². The van der Waals surface area contributed by atoms with Crippen LogP contribution in [0.5, 0.6) is 5.75 Å². The topological polar surface area (TPSA) is 96.0 Å². The molecule has 0 bridgehead atoms. The highest BCUT2D eigenvalue weighted by atomic mass is 19.1. The Labute approximate surface area is 189 Å². The van der Waals surface area contributed by atoms with Gasteiger partial charge in [0.1, 0.15) is 18.8 Å². The van der Waals surface area contributed by atoms with E-state index < -0.39 is 5.82 Å². The van der Waals surface area contributed by atoms with Crippen LogP contribution in [-0.4, -0.2) is 51.1 Å². The second kappa shape index (κ2) is 9.33. The summed E-state index contributed by atoms with van der Waals surface area (Å²) in [5.41, 5.74) is 1.47. The van der Waals surface area contributed by atoms with E-state index in [1.54, 1.807) is 42.9 Å². The number of fused-ring (bicyclic) bond motifs is 1. The van der Waals surface area contributed by atoms with Crippen molar-refractivity contribution in [2.45, 2.75) is 12.8 Å². The smallest absolute Gasteiger partial charge is 0.259 e. The van der Waals surface area contributed by atoms with E-state index in [1.165, 1.54) is 25.2 Å². The fourth-order valence-electron chi connectivity index (χ4n) is 4.01. The van der Waals surface area contributed by atoms with Crippen LogP contribution in [-0.2, 0) is 0 Å². The fraction of sp³-hybridized carbons (Fsp3) is 0.250. The molecule has 0 saturated carbocycles. The molecule has 5 rings (SSSR count). The summed E-state index contributed by atoms with van der Waals surface area (Å²) >= 11 is 0. The van der Waals surface area contributed by atoms with E-state index in [-0.39, 0.29) is 11.3 Å². The lowest BCUT2D eigenvalue weighted by Gasteiger charge is -2.16. The van der Waals surface area contributed by atoms with Gasteiger partial charge < -0.3 is 15.0 Å². The number of nitrogens with zero attached hydrogens (tertiary/aromatic N) is 4. The molecule has 0 spiro atoms. The van der Waals surface area contributed by atoms with Crippen molar-refractivity contribution in [3.63, 3.8) is 0 Å². The number of pyridine rings is 2. The number of halogens is 1. The molecule has 2 N–H and O–H groups in total. The summed E-state index contributed by atoms with van der Waals surface area (Å²) in [7, 11) is 0. The molecule has 1 saturated heterocycles. The summed E-state index contributed by atoms with van der Waals surface area (Å²) in [5, 5.41) is 4.16. The van der Waals surface area contributed by atoms with Gasteiger partial charge in [0.2, 0.25) is 0 Å². The van der Waals surface area contributed by atoms with Gasteiger partial charge in [0.15, 0.2) is 11.6 Å². The number of aromatic nitrogens is 4. The van der Waals surface area contributed by atoms with Crippen LogP contribution in [0.4, 0.5) is 15.9 Å². The predicted molar refractivity (Wildman–Crippen MR) is 124 cm³/mol. The molecule has 0 amide bonds. The van der Waals surface area contributed by atoms with Crippen molar-refractivity contribution in [3.05, 3.63) is 71.4 Å². The first kappa shape index (κ1) is 21.0. The summed E-state index contributed by atoms with van der Waals surface area (Å²) in [6, 6.07) is 8.22. The first-order valence-corrected chi connectivity index (χ1v) is 10.9. The lowest BCUT2D eigenvalue weighted by atomic mass is 10.1. The van der Waals surface area contributed by atoms with Gasteiger partial charge >= 0.3 is 0 Å². The summed E-state index contributed by atoms with van der Waals surface area (Å²) < 4.78 is 20.3.